The maximum atomic E-state index is 12.0. The van der Waals surface area contributed by atoms with Crippen LogP contribution in [0.15, 0.2) is 24.3 Å². The number of carboxylic acids is 1. The molecule has 1 unspecified atom stereocenters. The zero-order chi connectivity index (χ0) is 14.8. The first-order valence-electron chi connectivity index (χ1n) is 6.26. The van der Waals surface area contributed by atoms with Crippen molar-refractivity contribution in [3.05, 3.63) is 29.8 Å². The van der Waals surface area contributed by atoms with Crippen molar-refractivity contribution in [2.45, 2.75) is 24.5 Å². The van der Waals surface area contributed by atoms with Crippen molar-refractivity contribution in [3.63, 3.8) is 0 Å². The highest BCUT2D eigenvalue weighted by atomic mass is 32.2. The molecule has 0 spiro atoms. The maximum absolute atomic E-state index is 12.0. The molecule has 1 saturated heterocycles. The lowest BCUT2D eigenvalue weighted by atomic mass is 10.1. The van der Waals surface area contributed by atoms with Gasteiger partial charge in [0.25, 0.3) is 0 Å². The third kappa shape index (κ3) is 3.16. The van der Waals surface area contributed by atoms with E-state index in [1.165, 1.54) is 24.3 Å². The van der Waals surface area contributed by atoms with E-state index in [2.05, 4.69) is 5.32 Å². The van der Waals surface area contributed by atoms with Crippen molar-refractivity contribution in [1.82, 2.24) is 0 Å². The highest BCUT2D eigenvalue weighted by molar-refractivity contribution is 7.92. The standard InChI is InChI=1S/C13H15NO5S/c15-12(11-3-1-2-8-20(11,18)19)14-10-6-4-9(5-7-10)13(16)17/h4-7,11H,1-3,8H2,(H,14,15)(H,16,17). The Hall–Kier alpha value is -1.89. The van der Waals surface area contributed by atoms with Crippen LogP contribution in [0, 0.1) is 0 Å². The molecule has 1 aliphatic rings. The van der Waals surface area contributed by atoms with Gasteiger partial charge in [0, 0.05) is 5.69 Å². The molecule has 2 N–H and O–H groups in total. The molecule has 108 valence electrons. The van der Waals surface area contributed by atoms with Crippen molar-refractivity contribution >= 4 is 27.4 Å². The van der Waals surface area contributed by atoms with Gasteiger partial charge < -0.3 is 10.4 Å². The average molecular weight is 297 g/mol. The van der Waals surface area contributed by atoms with Gasteiger partial charge in [0.05, 0.1) is 11.3 Å². The first-order valence-corrected chi connectivity index (χ1v) is 7.97. The van der Waals surface area contributed by atoms with E-state index in [1.807, 2.05) is 0 Å². The number of amides is 1. The van der Waals surface area contributed by atoms with Gasteiger partial charge in [0.1, 0.15) is 5.25 Å². The van der Waals surface area contributed by atoms with Crippen molar-refractivity contribution in [2.75, 3.05) is 11.1 Å². The molecule has 2 rings (SSSR count). The molecule has 7 heteroatoms. The van der Waals surface area contributed by atoms with Crippen LogP contribution in [0.5, 0.6) is 0 Å². The van der Waals surface area contributed by atoms with E-state index < -0.39 is 27.0 Å². The van der Waals surface area contributed by atoms with E-state index in [4.69, 9.17) is 5.11 Å². The Morgan fingerprint density at radius 1 is 1.15 bits per heavy atom. The first kappa shape index (κ1) is 14.5. The van der Waals surface area contributed by atoms with Crippen LogP contribution in [-0.2, 0) is 14.6 Å². The van der Waals surface area contributed by atoms with Crippen LogP contribution in [0.2, 0.25) is 0 Å². The first-order chi connectivity index (χ1) is 9.40. The van der Waals surface area contributed by atoms with Gasteiger partial charge in [-0.25, -0.2) is 13.2 Å². The molecule has 0 aliphatic carbocycles. The molecule has 0 aromatic heterocycles. The third-order valence-corrected chi connectivity index (χ3v) is 5.44. The van der Waals surface area contributed by atoms with Crippen LogP contribution >= 0.6 is 0 Å². The number of hydrogen-bond acceptors (Lipinski definition) is 4. The van der Waals surface area contributed by atoms with Gasteiger partial charge in [-0.2, -0.15) is 0 Å². The van der Waals surface area contributed by atoms with Crippen LogP contribution in [0.4, 0.5) is 5.69 Å². The molecule has 1 aliphatic heterocycles. The fraction of sp³-hybridized carbons (Fsp3) is 0.385. The minimum Gasteiger partial charge on any atom is -0.478 e. The minimum atomic E-state index is -3.37. The quantitative estimate of drug-likeness (QED) is 0.875. The molecule has 0 saturated carbocycles. The van der Waals surface area contributed by atoms with Crippen LogP contribution in [0.1, 0.15) is 29.6 Å². The van der Waals surface area contributed by atoms with E-state index in [1.54, 1.807) is 0 Å². The van der Waals surface area contributed by atoms with E-state index in [-0.39, 0.29) is 11.3 Å². The SMILES string of the molecule is O=C(O)c1ccc(NC(=O)C2CCCCS2(=O)=O)cc1. The number of hydrogen-bond donors (Lipinski definition) is 2. The number of carbonyl (C=O) groups excluding carboxylic acids is 1. The predicted molar refractivity (Wildman–Crippen MR) is 73.5 cm³/mol. The number of aromatic carboxylic acids is 1. The molecule has 1 fully saturated rings. The lowest BCUT2D eigenvalue weighted by molar-refractivity contribution is -0.116. The Balaban J connectivity index is 2.09. The lowest BCUT2D eigenvalue weighted by Gasteiger charge is -2.21. The second-order valence-electron chi connectivity index (χ2n) is 4.72. The normalized spacial score (nSPS) is 21.1. The van der Waals surface area contributed by atoms with E-state index in [0.29, 0.717) is 18.5 Å². The summed E-state index contributed by atoms with van der Waals surface area (Å²) in [5.41, 5.74) is 0.495. The molecule has 6 nitrogen and oxygen atoms in total. The molecule has 1 aromatic rings. The number of benzene rings is 1. The molecule has 1 heterocycles. The van der Waals surface area contributed by atoms with Gasteiger partial charge in [-0.05, 0) is 37.1 Å². The molecule has 20 heavy (non-hydrogen) atoms. The largest absolute Gasteiger partial charge is 0.478 e. The summed E-state index contributed by atoms with van der Waals surface area (Å²) in [7, 11) is -3.37. The molecular formula is C13H15NO5S. The van der Waals surface area contributed by atoms with Crippen molar-refractivity contribution < 1.29 is 23.1 Å². The molecule has 1 atom stereocenters. The predicted octanol–water partition coefficient (Wildman–Crippen LogP) is 1.29. The summed E-state index contributed by atoms with van der Waals surface area (Å²) < 4.78 is 23.6. The summed E-state index contributed by atoms with van der Waals surface area (Å²) in [5.74, 6) is -1.56. The van der Waals surface area contributed by atoms with Gasteiger partial charge in [-0.15, -0.1) is 0 Å². The Morgan fingerprint density at radius 2 is 1.80 bits per heavy atom. The van der Waals surface area contributed by atoms with E-state index in [0.717, 1.165) is 6.42 Å². The van der Waals surface area contributed by atoms with Crippen molar-refractivity contribution in [1.29, 1.82) is 0 Å². The Morgan fingerprint density at radius 3 is 2.35 bits per heavy atom. The summed E-state index contributed by atoms with van der Waals surface area (Å²) in [6.45, 7) is 0. The highest BCUT2D eigenvalue weighted by Gasteiger charge is 2.34. The number of sulfone groups is 1. The minimum absolute atomic E-state index is 0.0447. The molecule has 0 bridgehead atoms. The summed E-state index contributed by atoms with van der Waals surface area (Å²) in [6.07, 6.45) is 1.65. The van der Waals surface area contributed by atoms with Gasteiger partial charge in [-0.1, -0.05) is 6.42 Å². The van der Waals surface area contributed by atoms with Gasteiger partial charge in [-0.3, -0.25) is 4.79 Å². The Bertz CT molecular complexity index is 621. The number of carboxylic acid groups (broad SMARTS) is 1. The fourth-order valence-electron chi connectivity index (χ4n) is 2.17. The summed E-state index contributed by atoms with van der Waals surface area (Å²) in [6, 6.07) is 5.59. The van der Waals surface area contributed by atoms with Crippen molar-refractivity contribution in [3.8, 4) is 0 Å². The topological polar surface area (TPSA) is 101 Å². The van der Waals surface area contributed by atoms with E-state index >= 15 is 0 Å². The Labute approximate surface area is 116 Å². The third-order valence-electron chi connectivity index (χ3n) is 3.27. The number of carbonyl (C=O) groups is 2. The van der Waals surface area contributed by atoms with Crippen LogP contribution in [0.25, 0.3) is 0 Å². The zero-order valence-electron chi connectivity index (χ0n) is 10.7. The Kier molecular flexibility index (Phi) is 4.08. The summed E-state index contributed by atoms with van der Waals surface area (Å²) in [4.78, 5) is 22.7. The van der Waals surface area contributed by atoms with E-state index in [9.17, 15) is 18.0 Å². The number of anilines is 1. The molecule has 1 aromatic carbocycles. The number of rotatable bonds is 3. The van der Waals surface area contributed by atoms with Crippen LogP contribution in [-0.4, -0.2) is 36.4 Å². The monoisotopic (exact) mass is 297 g/mol. The maximum Gasteiger partial charge on any atom is 0.335 e. The number of nitrogens with one attached hydrogen (secondary N) is 1. The summed E-state index contributed by atoms with van der Waals surface area (Å²) in [5, 5.41) is 10.3. The highest BCUT2D eigenvalue weighted by Crippen LogP contribution is 2.21. The zero-order valence-corrected chi connectivity index (χ0v) is 11.5. The van der Waals surface area contributed by atoms with Gasteiger partial charge in [0.15, 0.2) is 9.84 Å². The van der Waals surface area contributed by atoms with Crippen LogP contribution in [0.3, 0.4) is 0 Å². The fourth-order valence-corrected chi connectivity index (χ4v) is 3.97. The lowest BCUT2D eigenvalue weighted by Crippen LogP contribution is -2.39. The molecular weight excluding hydrogens is 282 g/mol. The van der Waals surface area contributed by atoms with Crippen LogP contribution < -0.4 is 5.32 Å². The second-order valence-corrected chi connectivity index (χ2v) is 7.03. The molecule has 0 radical (unpaired) electrons. The smallest absolute Gasteiger partial charge is 0.335 e. The second kappa shape index (κ2) is 5.62. The van der Waals surface area contributed by atoms with Gasteiger partial charge >= 0.3 is 5.97 Å². The molecule has 1 amide bonds. The van der Waals surface area contributed by atoms with Gasteiger partial charge in [0.2, 0.25) is 5.91 Å². The van der Waals surface area contributed by atoms with Crippen molar-refractivity contribution in [2.24, 2.45) is 0 Å². The summed E-state index contributed by atoms with van der Waals surface area (Å²) >= 11 is 0. The average Bonchev–Trinajstić information content (AvgIpc) is 2.38.